The van der Waals surface area contributed by atoms with Gasteiger partial charge in [0.2, 0.25) is 0 Å². The van der Waals surface area contributed by atoms with Gasteiger partial charge in [-0.05, 0) is 12.8 Å². The molecule has 0 bridgehead atoms. The summed E-state index contributed by atoms with van der Waals surface area (Å²) in [7, 11) is 0. The van der Waals surface area contributed by atoms with Crippen molar-refractivity contribution in [2.45, 2.75) is 52.1 Å². The van der Waals surface area contributed by atoms with Gasteiger partial charge in [-0.15, -0.1) is 0 Å². The molecule has 4 nitrogen and oxygen atoms in total. The predicted molar refractivity (Wildman–Crippen MR) is 67.9 cm³/mol. The molecule has 0 aromatic heterocycles. The van der Waals surface area contributed by atoms with E-state index < -0.39 is 5.41 Å². The molecule has 0 aromatic rings. The SMILES string of the molecule is CCCCOC(CCCC)C(CO)(CO)CO. The molecule has 0 heterocycles. The minimum atomic E-state index is -0.914. The Morgan fingerprint density at radius 1 is 0.941 bits per heavy atom. The summed E-state index contributed by atoms with van der Waals surface area (Å²) < 4.78 is 5.74. The van der Waals surface area contributed by atoms with Crippen LogP contribution in [0.1, 0.15) is 46.0 Å². The molecule has 17 heavy (non-hydrogen) atoms. The first-order valence-corrected chi connectivity index (χ1v) is 6.64. The zero-order chi connectivity index (χ0) is 13.1. The molecule has 1 unspecified atom stereocenters. The number of unbranched alkanes of at least 4 members (excludes halogenated alkanes) is 2. The Balaban J connectivity index is 4.48. The fraction of sp³-hybridized carbons (Fsp3) is 1.00. The predicted octanol–water partition coefficient (Wildman–Crippen LogP) is 1.33. The zero-order valence-electron chi connectivity index (χ0n) is 11.2. The molecular formula is C13H28O4. The molecule has 4 heteroatoms. The van der Waals surface area contributed by atoms with Crippen LogP contribution in [-0.4, -0.2) is 47.9 Å². The summed E-state index contributed by atoms with van der Waals surface area (Å²) >= 11 is 0. The second-order valence-corrected chi connectivity index (χ2v) is 4.69. The summed E-state index contributed by atoms with van der Waals surface area (Å²) in [4.78, 5) is 0. The average molecular weight is 248 g/mol. The third-order valence-electron chi connectivity index (χ3n) is 3.26. The van der Waals surface area contributed by atoms with Crippen molar-refractivity contribution in [2.24, 2.45) is 5.41 Å². The fourth-order valence-electron chi connectivity index (χ4n) is 1.78. The van der Waals surface area contributed by atoms with Crippen LogP contribution >= 0.6 is 0 Å². The van der Waals surface area contributed by atoms with Gasteiger partial charge in [-0.25, -0.2) is 0 Å². The van der Waals surface area contributed by atoms with Crippen molar-refractivity contribution in [1.82, 2.24) is 0 Å². The molecule has 0 fully saturated rings. The Morgan fingerprint density at radius 2 is 1.47 bits per heavy atom. The number of aliphatic hydroxyl groups excluding tert-OH is 3. The van der Waals surface area contributed by atoms with Crippen LogP contribution in [0.25, 0.3) is 0 Å². The van der Waals surface area contributed by atoms with Gasteiger partial charge in [0.25, 0.3) is 0 Å². The summed E-state index contributed by atoms with van der Waals surface area (Å²) in [6.45, 7) is 4.04. The molecule has 0 aliphatic rings. The average Bonchev–Trinajstić information content (AvgIpc) is 2.37. The standard InChI is InChI=1S/C13H28O4/c1-3-5-7-12(17-8-6-4-2)13(9-14,10-15)11-16/h12,14-16H,3-11H2,1-2H3. The van der Waals surface area contributed by atoms with E-state index >= 15 is 0 Å². The van der Waals surface area contributed by atoms with Crippen LogP contribution in [0.15, 0.2) is 0 Å². The van der Waals surface area contributed by atoms with Gasteiger partial charge in [0.1, 0.15) is 0 Å². The highest BCUT2D eigenvalue weighted by Gasteiger charge is 2.37. The maximum atomic E-state index is 9.40. The van der Waals surface area contributed by atoms with E-state index in [0.29, 0.717) is 6.61 Å². The van der Waals surface area contributed by atoms with Crippen molar-refractivity contribution < 1.29 is 20.1 Å². The topological polar surface area (TPSA) is 69.9 Å². The molecule has 1 atom stereocenters. The lowest BCUT2D eigenvalue weighted by Gasteiger charge is -2.36. The van der Waals surface area contributed by atoms with Crippen LogP contribution in [0.3, 0.4) is 0 Å². The van der Waals surface area contributed by atoms with Crippen molar-refractivity contribution in [3.63, 3.8) is 0 Å². The molecule has 0 amide bonds. The molecule has 0 aromatic carbocycles. The minimum Gasteiger partial charge on any atom is -0.396 e. The van der Waals surface area contributed by atoms with Gasteiger partial charge < -0.3 is 20.1 Å². The van der Waals surface area contributed by atoms with Gasteiger partial charge in [-0.3, -0.25) is 0 Å². The van der Waals surface area contributed by atoms with E-state index in [1.807, 2.05) is 0 Å². The lowest BCUT2D eigenvalue weighted by atomic mass is 9.82. The Hall–Kier alpha value is -0.160. The fourth-order valence-corrected chi connectivity index (χ4v) is 1.78. The van der Waals surface area contributed by atoms with E-state index in [4.69, 9.17) is 4.74 Å². The van der Waals surface area contributed by atoms with Crippen LogP contribution in [0.2, 0.25) is 0 Å². The molecule has 0 spiro atoms. The second kappa shape index (κ2) is 9.83. The number of rotatable bonds is 11. The third kappa shape index (κ3) is 5.34. The normalized spacial score (nSPS) is 13.9. The van der Waals surface area contributed by atoms with Gasteiger partial charge in [-0.1, -0.05) is 33.1 Å². The van der Waals surface area contributed by atoms with Gasteiger partial charge in [0.15, 0.2) is 0 Å². The monoisotopic (exact) mass is 248 g/mol. The number of ether oxygens (including phenoxy) is 1. The molecule has 0 aliphatic carbocycles. The zero-order valence-corrected chi connectivity index (χ0v) is 11.2. The van der Waals surface area contributed by atoms with E-state index in [-0.39, 0.29) is 25.9 Å². The van der Waals surface area contributed by atoms with Gasteiger partial charge in [-0.2, -0.15) is 0 Å². The smallest absolute Gasteiger partial charge is 0.0697 e. The highest BCUT2D eigenvalue weighted by atomic mass is 16.5. The second-order valence-electron chi connectivity index (χ2n) is 4.69. The van der Waals surface area contributed by atoms with Gasteiger partial charge >= 0.3 is 0 Å². The van der Waals surface area contributed by atoms with Crippen molar-refractivity contribution >= 4 is 0 Å². The summed E-state index contributed by atoms with van der Waals surface area (Å²) in [6, 6.07) is 0. The van der Waals surface area contributed by atoms with Crippen molar-refractivity contribution in [3.8, 4) is 0 Å². The first-order valence-electron chi connectivity index (χ1n) is 6.64. The van der Waals surface area contributed by atoms with E-state index in [1.165, 1.54) is 0 Å². The molecule has 0 radical (unpaired) electrons. The molecule has 0 aliphatic heterocycles. The lowest BCUT2D eigenvalue weighted by Crippen LogP contribution is -2.46. The third-order valence-corrected chi connectivity index (χ3v) is 3.26. The van der Waals surface area contributed by atoms with Crippen LogP contribution in [0.5, 0.6) is 0 Å². The Bertz CT molecular complexity index is 161. The lowest BCUT2D eigenvalue weighted by molar-refractivity contribution is -0.117. The molecule has 0 rings (SSSR count). The van der Waals surface area contributed by atoms with E-state index in [9.17, 15) is 15.3 Å². The van der Waals surface area contributed by atoms with E-state index in [1.54, 1.807) is 0 Å². The Morgan fingerprint density at radius 3 is 1.88 bits per heavy atom. The maximum Gasteiger partial charge on any atom is 0.0697 e. The first kappa shape index (κ1) is 16.8. The number of hydrogen-bond donors (Lipinski definition) is 3. The summed E-state index contributed by atoms with van der Waals surface area (Å²) in [5.74, 6) is 0. The quantitative estimate of drug-likeness (QED) is 0.482. The van der Waals surface area contributed by atoms with Crippen LogP contribution in [0, 0.1) is 5.41 Å². The van der Waals surface area contributed by atoms with Crippen molar-refractivity contribution in [3.05, 3.63) is 0 Å². The van der Waals surface area contributed by atoms with Crippen molar-refractivity contribution in [1.29, 1.82) is 0 Å². The summed E-state index contributed by atoms with van der Waals surface area (Å²) in [5.41, 5.74) is -0.914. The summed E-state index contributed by atoms with van der Waals surface area (Å²) in [6.07, 6.45) is 4.51. The Labute approximate surface area is 105 Å². The maximum absolute atomic E-state index is 9.40. The van der Waals surface area contributed by atoms with Crippen molar-refractivity contribution in [2.75, 3.05) is 26.4 Å². The van der Waals surface area contributed by atoms with E-state index in [2.05, 4.69) is 13.8 Å². The van der Waals surface area contributed by atoms with Crippen LogP contribution < -0.4 is 0 Å². The van der Waals surface area contributed by atoms with E-state index in [0.717, 1.165) is 32.1 Å². The first-order chi connectivity index (χ1) is 8.20. The van der Waals surface area contributed by atoms with Crippen LogP contribution in [-0.2, 0) is 4.74 Å². The van der Waals surface area contributed by atoms with Gasteiger partial charge in [0, 0.05) is 6.61 Å². The Kier molecular flexibility index (Phi) is 9.74. The largest absolute Gasteiger partial charge is 0.396 e. The molecule has 104 valence electrons. The van der Waals surface area contributed by atoms with Gasteiger partial charge in [0.05, 0.1) is 31.3 Å². The number of hydrogen-bond acceptors (Lipinski definition) is 4. The highest BCUT2D eigenvalue weighted by Crippen LogP contribution is 2.27. The highest BCUT2D eigenvalue weighted by molar-refractivity contribution is 4.86. The summed E-state index contributed by atoms with van der Waals surface area (Å²) in [5, 5.41) is 28.2. The molecular weight excluding hydrogens is 220 g/mol. The van der Waals surface area contributed by atoms with Crippen LogP contribution in [0.4, 0.5) is 0 Å². The number of aliphatic hydroxyl groups is 3. The molecule has 0 saturated heterocycles. The minimum absolute atomic E-state index is 0.249. The molecule has 0 saturated carbocycles. The molecule has 3 N–H and O–H groups in total.